The Morgan fingerprint density at radius 1 is 1.09 bits per heavy atom. The summed E-state index contributed by atoms with van der Waals surface area (Å²) in [5.41, 5.74) is 5.79. The number of H-pyrrole nitrogens is 1. The lowest BCUT2D eigenvalue weighted by Crippen LogP contribution is -2.28. The van der Waals surface area contributed by atoms with Crippen molar-refractivity contribution in [2.24, 2.45) is 0 Å². The van der Waals surface area contributed by atoms with Gasteiger partial charge >= 0.3 is 0 Å². The average molecular weight is 461 g/mol. The monoisotopic (exact) mass is 460 g/mol. The van der Waals surface area contributed by atoms with Crippen LogP contribution in [0.4, 0.5) is 17.3 Å². The molecule has 34 heavy (non-hydrogen) atoms. The SMILES string of the molecule is COc1cc(N(C)CCN(C)C)ccc1Nc1nccc(-c2c[nH]c3c(CCO)cccc23)n1. The number of hydrogen-bond acceptors (Lipinski definition) is 7. The molecule has 2 heterocycles. The summed E-state index contributed by atoms with van der Waals surface area (Å²) in [4.78, 5) is 16.9. The summed E-state index contributed by atoms with van der Waals surface area (Å²) in [6, 6.07) is 14.1. The van der Waals surface area contributed by atoms with E-state index in [1.54, 1.807) is 13.3 Å². The number of aromatic nitrogens is 3. The van der Waals surface area contributed by atoms with Gasteiger partial charge in [-0.25, -0.2) is 9.97 Å². The fourth-order valence-corrected chi connectivity index (χ4v) is 3.95. The molecule has 2 aromatic heterocycles. The van der Waals surface area contributed by atoms with Crippen molar-refractivity contribution >= 4 is 28.2 Å². The van der Waals surface area contributed by atoms with Crippen LogP contribution in [0, 0.1) is 0 Å². The summed E-state index contributed by atoms with van der Waals surface area (Å²) in [7, 11) is 7.88. The van der Waals surface area contributed by atoms with Crippen LogP contribution >= 0.6 is 0 Å². The van der Waals surface area contributed by atoms with E-state index in [0.29, 0.717) is 12.4 Å². The van der Waals surface area contributed by atoms with Crippen LogP contribution in [0.3, 0.4) is 0 Å². The first-order valence-corrected chi connectivity index (χ1v) is 11.3. The fourth-order valence-electron chi connectivity index (χ4n) is 3.95. The van der Waals surface area contributed by atoms with Crippen molar-refractivity contribution in [1.82, 2.24) is 19.9 Å². The summed E-state index contributed by atoms with van der Waals surface area (Å²) in [6.45, 7) is 1.99. The molecule has 0 aliphatic rings. The molecule has 8 heteroatoms. The van der Waals surface area contributed by atoms with Gasteiger partial charge < -0.3 is 29.9 Å². The molecule has 0 bridgehead atoms. The molecule has 4 rings (SSSR count). The first-order chi connectivity index (χ1) is 16.5. The van der Waals surface area contributed by atoms with Gasteiger partial charge in [-0.2, -0.15) is 0 Å². The predicted molar refractivity (Wildman–Crippen MR) is 138 cm³/mol. The van der Waals surface area contributed by atoms with E-state index >= 15 is 0 Å². The Hall–Kier alpha value is -3.62. The molecule has 0 atom stereocenters. The highest BCUT2D eigenvalue weighted by molar-refractivity contribution is 5.96. The highest BCUT2D eigenvalue weighted by Gasteiger charge is 2.13. The molecule has 0 radical (unpaired) electrons. The second-order valence-electron chi connectivity index (χ2n) is 8.52. The Bertz CT molecular complexity index is 1250. The second kappa shape index (κ2) is 10.5. The number of aliphatic hydroxyl groups is 1. The van der Waals surface area contributed by atoms with E-state index in [1.165, 1.54) is 0 Å². The Morgan fingerprint density at radius 3 is 2.71 bits per heavy atom. The number of hydrogen-bond donors (Lipinski definition) is 3. The molecule has 4 aromatic rings. The number of benzene rings is 2. The van der Waals surface area contributed by atoms with Gasteiger partial charge in [0.05, 0.1) is 18.5 Å². The molecule has 0 fully saturated rings. The lowest BCUT2D eigenvalue weighted by molar-refractivity contribution is 0.300. The zero-order chi connectivity index (χ0) is 24.1. The van der Waals surface area contributed by atoms with E-state index in [4.69, 9.17) is 9.72 Å². The van der Waals surface area contributed by atoms with Crippen molar-refractivity contribution in [2.75, 3.05) is 58.2 Å². The standard InChI is InChI=1S/C26H32N6O2/c1-31(2)13-14-32(3)19-8-9-23(24(16-19)34-4)30-26-27-12-10-22(29-26)21-17-28-25-18(11-15-33)6-5-7-20(21)25/h5-10,12,16-17,28,33H,11,13-15H2,1-4H3,(H,27,29,30). The minimum atomic E-state index is 0.112. The van der Waals surface area contributed by atoms with Crippen LogP contribution in [0.25, 0.3) is 22.2 Å². The van der Waals surface area contributed by atoms with Crippen LogP contribution < -0.4 is 15.0 Å². The Balaban J connectivity index is 1.58. The number of nitrogens with one attached hydrogen (secondary N) is 2. The van der Waals surface area contributed by atoms with Gasteiger partial charge in [-0.3, -0.25) is 0 Å². The molecule has 178 valence electrons. The number of methoxy groups -OCH3 is 1. The predicted octanol–water partition coefficient (Wildman–Crippen LogP) is 3.91. The molecule has 0 spiro atoms. The highest BCUT2D eigenvalue weighted by atomic mass is 16.5. The summed E-state index contributed by atoms with van der Waals surface area (Å²) in [5.74, 6) is 1.22. The highest BCUT2D eigenvalue weighted by Crippen LogP contribution is 2.33. The summed E-state index contributed by atoms with van der Waals surface area (Å²) >= 11 is 0. The maximum atomic E-state index is 9.36. The molecule has 0 aliphatic heterocycles. The number of aliphatic hydroxyl groups excluding tert-OH is 1. The van der Waals surface area contributed by atoms with E-state index in [9.17, 15) is 5.11 Å². The van der Waals surface area contributed by atoms with Gasteiger partial charge in [-0.05, 0) is 44.3 Å². The molecular formula is C26H32N6O2. The van der Waals surface area contributed by atoms with Crippen LogP contribution in [-0.2, 0) is 6.42 Å². The average Bonchev–Trinajstić information content (AvgIpc) is 3.28. The number of aromatic amines is 1. The largest absolute Gasteiger partial charge is 0.494 e. The third-order valence-electron chi connectivity index (χ3n) is 5.87. The van der Waals surface area contributed by atoms with Crippen molar-refractivity contribution in [3.8, 4) is 17.0 Å². The molecule has 8 nitrogen and oxygen atoms in total. The molecule has 0 saturated heterocycles. The third-order valence-corrected chi connectivity index (χ3v) is 5.87. The summed E-state index contributed by atoms with van der Waals surface area (Å²) in [5, 5.41) is 13.7. The van der Waals surface area contributed by atoms with Crippen LogP contribution in [0.5, 0.6) is 5.75 Å². The minimum Gasteiger partial charge on any atom is -0.494 e. The van der Waals surface area contributed by atoms with Crippen LogP contribution in [0.2, 0.25) is 0 Å². The van der Waals surface area contributed by atoms with Gasteiger partial charge in [0.2, 0.25) is 5.95 Å². The lowest BCUT2D eigenvalue weighted by atomic mass is 10.1. The summed E-state index contributed by atoms with van der Waals surface area (Å²) in [6.07, 6.45) is 4.31. The quantitative estimate of drug-likeness (QED) is 0.331. The zero-order valence-electron chi connectivity index (χ0n) is 20.2. The number of rotatable bonds is 10. The number of nitrogens with zero attached hydrogens (tertiary/aromatic N) is 4. The maximum Gasteiger partial charge on any atom is 0.227 e. The molecule has 0 saturated carbocycles. The first-order valence-electron chi connectivity index (χ1n) is 11.3. The lowest BCUT2D eigenvalue weighted by Gasteiger charge is -2.22. The van der Waals surface area contributed by atoms with Gasteiger partial charge in [0, 0.05) is 67.4 Å². The van der Waals surface area contributed by atoms with Gasteiger partial charge in [-0.1, -0.05) is 18.2 Å². The smallest absolute Gasteiger partial charge is 0.227 e. The number of ether oxygens (including phenoxy) is 1. The Morgan fingerprint density at radius 2 is 1.94 bits per heavy atom. The van der Waals surface area contributed by atoms with Crippen molar-refractivity contribution in [3.05, 3.63) is 60.4 Å². The molecule has 3 N–H and O–H groups in total. The summed E-state index contributed by atoms with van der Waals surface area (Å²) < 4.78 is 5.65. The van der Waals surface area contributed by atoms with Gasteiger partial charge in [-0.15, -0.1) is 0 Å². The van der Waals surface area contributed by atoms with Crippen LogP contribution in [0.15, 0.2) is 54.9 Å². The van der Waals surface area contributed by atoms with E-state index in [0.717, 1.165) is 57.9 Å². The topological polar surface area (TPSA) is 89.5 Å². The van der Waals surface area contributed by atoms with E-state index in [2.05, 4.69) is 58.4 Å². The van der Waals surface area contributed by atoms with Gasteiger partial charge in [0.25, 0.3) is 0 Å². The normalized spacial score (nSPS) is 11.2. The number of fused-ring (bicyclic) bond motifs is 1. The fraction of sp³-hybridized carbons (Fsp3) is 0.308. The van der Waals surface area contributed by atoms with E-state index < -0.39 is 0 Å². The molecular weight excluding hydrogens is 428 g/mol. The van der Waals surface area contributed by atoms with Crippen molar-refractivity contribution in [2.45, 2.75) is 6.42 Å². The molecule has 2 aromatic carbocycles. The molecule has 0 aliphatic carbocycles. The van der Waals surface area contributed by atoms with E-state index in [-0.39, 0.29) is 6.61 Å². The van der Waals surface area contributed by atoms with Crippen molar-refractivity contribution in [3.63, 3.8) is 0 Å². The van der Waals surface area contributed by atoms with Gasteiger partial charge in [0.15, 0.2) is 0 Å². The minimum absolute atomic E-state index is 0.112. The molecule has 0 unspecified atom stereocenters. The zero-order valence-corrected chi connectivity index (χ0v) is 20.2. The van der Waals surface area contributed by atoms with E-state index in [1.807, 2.05) is 36.5 Å². The Labute approximate surface area is 200 Å². The second-order valence-corrected chi connectivity index (χ2v) is 8.52. The number of para-hydroxylation sites is 1. The maximum absolute atomic E-state index is 9.36. The van der Waals surface area contributed by atoms with Crippen molar-refractivity contribution in [1.29, 1.82) is 0 Å². The third kappa shape index (κ3) is 5.13. The Kier molecular flexibility index (Phi) is 7.30. The van der Waals surface area contributed by atoms with Crippen molar-refractivity contribution < 1.29 is 9.84 Å². The van der Waals surface area contributed by atoms with Crippen LogP contribution in [0.1, 0.15) is 5.56 Å². The number of likely N-dealkylation sites (N-methyl/N-ethyl adjacent to an activating group) is 2. The van der Waals surface area contributed by atoms with Gasteiger partial charge in [0.1, 0.15) is 5.75 Å². The molecule has 0 amide bonds. The first kappa shape index (κ1) is 23.5. The number of anilines is 3. The van der Waals surface area contributed by atoms with Crippen LogP contribution in [-0.4, -0.2) is 72.9 Å².